The van der Waals surface area contributed by atoms with Crippen LogP contribution in [0.3, 0.4) is 0 Å². The Morgan fingerprint density at radius 3 is 3.00 bits per heavy atom. The third-order valence-corrected chi connectivity index (χ3v) is 5.44. The lowest BCUT2D eigenvalue weighted by Crippen LogP contribution is -2.36. The van der Waals surface area contributed by atoms with Crippen LogP contribution >= 0.6 is 11.8 Å². The molecule has 3 atom stereocenters. The summed E-state index contributed by atoms with van der Waals surface area (Å²) >= 11 is 1.93. The molecule has 2 aliphatic rings. The van der Waals surface area contributed by atoms with Crippen molar-refractivity contribution < 1.29 is 9.59 Å². The molecule has 2 rings (SSSR count). The van der Waals surface area contributed by atoms with Gasteiger partial charge in [-0.25, -0.2) is 4.79 Å². The van der Waals surface area contributed by atoms with Gasteiger partial charge in [-0.3, -0.25) is 4.79 Å². The molecule has 2 saturated heterocycles. The number of hydrogen-bond acceptors (Lipinski definition) is 3. The van der Waals surface area contributed by atoms with Crippen molar-refractivity contribution >= 4 is 23.7 Å². The second-order valence-corrected chi connectivity index (χ2v) is 6.84. The summed E-state index contributed by atoms with van der Waals surface area (Å²) in [6.07, 6.45) is 5.86. The standard InChI is InChI=1S/C14H25N3O2S/c1-2-3-8-15-12(18)7-5-4-6-11-13-10(9-20-11)16-14(19)17-13/h10-11,13H,2-9H2,1H3,(H,15,18)(H2,16,17,19). The van der Waals surface area contributed by atoms with E-state index < -0.39 is 0 Å². The zero-order valence-electron chi connectivity index (χ0n) is 12.1. The first-order chi connectivity index (χ1) is 9.70. The van der Waals surface area contributed by atoms with Gasteiger partial charge in [-0.05, 0) is 19.3 Å². The molecule has 3 N–H and O–H groups in total. The van der Waals surface area contributed by atoms with Crippen LogP contribution in [-0.2, 0) is 4.79 Å². The van der Waals surface area contributed by atoms with Crippen LogP contribution in [0.1, 0.15) is 45.4 Å². The summed E-state index contributed by atoms with van der Waals surface area (Å²) in [6, 6.07) is 0.557. The quantitative estimate of drug-likeness (QED) is 0.471. The van der Waals surface area contributed by atoms with E-state index >= 15 is 0 Å². The van der Waals surface area contributed by atoms with Gasteiger partial charge < -0.3 is 16.0 Å². The van der Waals surface area contributed by atoms with Crippen molar-refractivity contribution in [3.8, 4) is 0 Å². The third kappa shape index (κ3) is 4.30. The maximum absolute atomic E-state index is 11.6. The van der Waals surface area contributed by atoms with E-state index in [4.69, 9.17) is 0 Å². The average molecular weight is 299 g/mol. The number of fused-ring (bicyclic) bond motifs is 1. The Labute approximate surface area is 125 Å². The lowest BCUT2D eigenvalue weighted by molar-refractivity contribution is -0.121. The van der Waals surface area contributed by atoms with Gasteiger partial charge in [-0.2, -0.15) is 11.8 Å². The van der Waals surface area contributed by atoms with E-state index in [1.54, 1.807) is 0 Å². The first-order valence-corrected chi connectivity index (χ1v) is 8.71. The molecule has 0 aromatic rings. The number of urea groups is 1. The predicted octanol–water partition coefficient (Wildman–Crippen LogP) is 1.63. The van der Waals surface area contributed by atoms with E-state index in [0.717, 1.165) is 44.4 Å². The maximum atomic E-state index is 11.6. The number of amides is 3. The summed E-state index contributed by atoms with van der Waals surface area (Å²) in [5, 5.41) is 9.39. The molecule has 0 radical (unpaired) electrons. The Balaban J connectivity index is 1.55. The van der Waals surface area contributed by atoms with Gasteiger partial charge in [0.25, 0.3) is 0 Å². The number of hydrogen-bond donors (Lipinski definition) is 3. The summed E-state index contributed by atoms with van der Waals surface area (Å²) in [5.74, 6) is 1.18. The highest BCUT2D eigenvalue weighted by atomic mass is 32.2. The fourth-order valence-corrected chi connectivity index (χ4v) is 4.31. The summed E-state index contributed by atoms with van der Waals surface area (Å²) in [6.45, 7) is 2.92. The predicted molar refractivity (Wildman–Crippen MR) is 81.9 cm³/mol. The first kappa shape index (κ1) is 15.5. The second kappa shape index (κ2) is 7.76. The van der Waals surface area contributed by atoms with Gasteiger partial charge in [0.05, 0.1) is 12.1 Å². The number of rotatable bonds is 8. The molecular weight excluding hydrogens is 274 g/mol. The number of nitrogens with one attached hydrogen (secondary N) is 3. The Kier molecular flexibility index (Phi) is 6.01. The van der Waals surface area contributed by atoms with Crippen LogP contribution in [0.4, 0.5) is 4.79 Å². The van der Waals surface area contributed by atoms with Crippen LogP contribution < -0.4 is 16.0 Å². The first-order valence-electron chi connectivity index (χ1n) is 7.66. The van der Waals surface area contributed by atoms with Crippen LogP contribution in [0.15, 0.2) is 0 Å². The number of carbonyl (C=O) groups is 2. The summed E-state index contributed by atoms with van der Waals surface area (Å²) in [7, 11) is 0. The molecule has 2 aliphatic heterocycles. The van der Waals surface area contributed by atoms with E-state index in [1.807, 2.05) is 11.8 Å². The topological polar surface area (TPSA) is 70.2 Å². The highest BCUT2D eigenvalue weighted by molar-refractivity contribution is 8.00. The molecule has 0 aliphatic carbocycles. The van der Waals surface area contributed by atoms with E-state index in [2.05, 4.69) is 22.9 Å². The average Bonchev–Trinajstić information content (AvgIpc) is 2.95. The van der Waals surface area contributed by atoms with Crippen molar-refractivity contribution in [2.75, 3.05) is 12.3 Å². The maximum Gasteiger partial charge on any atom is 0.315 e. The molecule has 0 saturated carbocycles. The number of unbranched alkanes of at least 4 members (excludes halogenated alkanes) is 2. The molecule has 20 heavy (non-hydrogen) atoms. The highest BCUT2D eigenvalue weighted by Crippen LogP contribution is 2.33. The lowest BCUT2D eigenvalue weighted by Gasteiger charge is -2.16. The minimum absolute atomic E-state index is 0.0272. The van der Waals surface area contributed by atoms with Crippen molar-refractivity contribution in [1.82, 2.24) is 16.0 Å². The van der Waals surface area contributed by atoms with Crippen LogP contribution in [-0.4, -0.2) is 41.6 Å². The summed E-state index contributed by atoms with van der Waals surface area (Å²) in [4.78, 5) is 22.8. The highest BCUT2D eigenvalue weighted by Gasteiger charge is 2.42. The van der Waals surface area contributed by atoms with Gasteiger partial charge >= 0.3 is 6.03 Å². The fraction of sp³-hybridized carbons (Fsp3) is 0.857. The van der Waals surface area contributed by atoms with Crippen molar-refractivity contribution in [3.63, 3.8) is 0 Å². The molecule has 5 nitrogen and oxygen atoms in total. The zero-order valence-corrected chi connectivity index (χ0v) is 12.9. The second-order valence-electron chi connectivity index (χ2n) is 5.57. The Morgan fingerprint density at radius 2 is 2.20 bits per heavy atom. The van der Waals surface area contributed by atoms with Crippen molar-refractivity contribution in [2.45, 2.75) is 62.8 Å². The number of thioether (sulfide) groups is 1. The van der Waals surface area contributed by atoms with E-state index in [0.29, 0.717) is 17.7 Å². The Morgan fingerprint density at radius 1 is 1.35 bits per heavy atom. The molecular formula is C14H25N3O2S. The molecule has 0 aromatic heterocycles. The van der Waals surface area contributed by atoms with Gasteiger partial charge in [0, 0.05) is 24.0 Å². The minimum atomic E-state index is -0.0272. The monoisotopic (exact) mass is 299 g/mol. The molecule has 0 aromatic carbocycles. The molecule has 6 heteroatoms. The smallest absolute Gasteiger partial charge is 0.315 e. The molecule has 0 spiro atoms. The Hall–Kier alpha value is -0.910. The molecule has 2 heterocycles. The van der Waals surface area contributed by atoms with Crippen LogP contribution in [0.25, 0.3) is 0 Å². The van der Waals surface area contributed by atoms with Gasteiger partial charge in [0.15, 0.2) is 0 Å². The molecule has 3 unspecified atom stereocenters. The normalized spacial score (nSPS) is 27.9. The Bertz CT molecular complexity index is 351. The minimum Gasteiger partial charge on any atom is -0.356 e. The summed E-state index contributed by atoms with van der Waals surface area (Å²) < 4.78 is 0. The molecule has 114 valence electrons. The van der Waals surface area contributed by atoms with Gasteiger partial charge in [0.1, 0.15) is 0 Å². The van der Waals surface area contributed by atoms with Crippen LogP contribution in [0.2, 0.25) is 0 Å². The zero-order chi connectivity index (χ0) is 14.4. The lowest BCUT2D eigenvalue weighted by atomic mass is 10.0. The van der Waals surface area contributed by atoms with Crippen molar-refractivity contribution in [2.24, 2.45) is 0 Å². The van der Waals surface area contributed by atoms with E-state index in [9.17, 15) is 9.59 Å². The summed E-state index contributed by atoms with van der Waals surface area (Å²) in [5.41, 5.74) is 0. The molecule has 0 bridgehead atoms. The van der Waals surface area contributed by atoms with Crippen LogP contribution in [0.5, 0.6) is 0 Å². The van der Waals surface area contributed by atoms with Crippen molar-refractivity contribution in [3.05, 3.63) is 0 Å². The SMILES string of the molecule is CCCCNC(=O)CCCCC1SCC2NC(=O)NC21. The molecule has 2 fully saturated rings. The molecule has 3 amide bonds. The van der Waals surface area contributed by atoms with Crippen LogP contribution in [0, 0.1) is 0 Å². The van der Waals surface area contributed by atoms with E-state index in [-0.39, 0.29) is 18.0 Å². The third-order valence-electron chi connectivity index (χ3n) is 3.93. The van der Waals surface area contributed by atoms with Gasteiger partial charge in [-0.15, -0.1) is 0 Å². The number of carbonyl (C=O) groups excluding carboxylic acids is 2. The largest absolute Gasteiger partial charge is 0.356 e. The van der Waals surface area contributed by atoms with Gasteiger partial charge in [-0.1, -0.05) is 19.8 Å². The van der Waals surface area contributed by atoms with E-state index in [1.165, 1.54) is 0 Å². The van der Waals surface area contributed by atoms with Crippen molar-refractivity contribution in [1.29, 1.82) is 0 Å². The van der Waals surface area contributed by atoms with Gasteiger partial charge in [0.2, 0.25) is 5.91 Å². The fourth-order valence-electron chi connectivity index (χ4n) is 2.77.